The minimum absolute atomic E-state index is 0.0233. The summed E-state index contributed by atoms with van der Waals surface area (Å²) in [5, 5.41) is 9.31. The van der Waals surface area contributed by atoms with E-state index in [1.54, 1.807) is 33.0 Å². The molecule has 0 radical (unpaired) electrons. The SMILES string of the molecule is CCn1c(CC#N)nc2c(N3C[C@@H](C)N(C(C)c4ccc5c(c4F)OC(C)(C)O5)C[C@@H]3C)nc(=O)n(C)c21. The highest BCUT2D eigenvalue weighted by atomic mass is 19.1. The van der Waals surface area contributed by atoms with Crippen molar-refractivity contribution in [1.29, 1.82) is 5.26 Å². The lowest BCUT2D eigenvalue weighted by Gasteiger charge is -2.47. The molecule has 0 N–H and O–H groups in total. The summed E-state index contributed by atoms with van der Waals surface area (Å²) >= 11 is 0. The molecule has 1 saturated heterocycles. The van der Waals surface area contributed by atoms with Gasteiger partial charge in [0.1, 0.15) is 17.0 Å². The minimum atomic E-state index is -0.901. The summed E-state index contributed by atoms with van der Waals surface area (Å²) in [4.78, 5) is 26.4. The molecule has 1 fully saturated rings. The van der Waals surface area contributed by atoms with Gasteiger partial charge in [0.2, 0.25) is 11.5 Å². The van der Waals surface area contributed by atoms with Crippen molar-refractivity contribution in [2.45, 2.75) is 78.4 Å². The average molecular weight is 524 g/mol. The van der Waals surface area contributed by atoms with Gasteiger partial charge in [-0.05, 0) is 33.8 Å². The van der Waals surface area contributed by atoms with Gasteiger partial charge >= 0.3 is 5.69 Å². The second-order valence-corrected chi connectivity index (χ2v) is 10.7. The third kappa shape index (κ3) is 4.07. The molecule has 0 spiro atoms. The molecule has 0 amide bonds. The molecule has 2 aromatic heterocycles. The smallest absolute Gasteiger partial charge is 0.350 e. The van der Waals surface area contributed by atoms with Crippen LogP contribution in [-0.4, -0.2) is 55.0 Å². The zero-order chi connectivity index (χ0) is 27.5. The number of benzene rings is 1. The van der Waals surface area contributed by atoms with Crippen molar-refractivity contribution >= 4 is 17.0 Å². The first-order valence-electron chi connectivity index (χ1n) is 13.0. The molecule has 2 aliphatic heterocycles. The first-order chi connectivity index (χ1) is 18.0. The van der Waals surface area contributed by atoms with Crippen molar-refractivity contribution in [2.75, 3.05) is 18.0 Å². The molecule has 4 heterocycles. The highest BCUT2D eigenvalue weighted by Crippen LogP contribution is 2.44. The van der Waals surface area contributed by atoms with E-state index in [0.29, 0.717) is 53.8 Å². The van der Waals surface area contributed by atoms with E-state index in [0.717, 1.165) is 0 Å². The van der Waals surface area contributed by atoms with E-state index in [1.165, 1.54) is 4.57 Å². The van der Waals surface area contributed by atoms with Crippen molar-refractivity contribution in [2.24, 2.45) is 7.05 Å². The number of nitriles is 1. The van der Waals surface area contributed by atoms with Crippen LogP contribution < -0.4 is 20.1 Å². The first kappa shape index (κ1) is 26.0. The van der Waals surface area contributed by atoms with Crippen LogP contribution in [-0.2, 0) is 20.0 Å². The Morgan fingerprint density at radius 2 is 1.95 bits per heavy atom. The number of fused-ring (bicyclic) bond motifs is 2. The van der Waals surface area contributed by atoms with Crippen LogP contribution in [0.1, 0.15) is 59.0 Å². The topological polar surface area (TPSA) is 101 Å². The van der Waals surface area contributed by atoms with Crippen LogP contribution in [0.3, 0.4) is 0 Å². The van der Waals surface area contributed by atoms with Crippen LogP contribution in [0.25, 0.3) is 11.2 Å². The van der Waals surface area contributed by atoms with Crippen LogP contribution in [0.5, 0.6) is 11.5 Å². The molecular formula is C27H34FN7O3. The lowest BCUT2D eigenvalue weighted by Crippen LogP contribution is -2.57. The maximum atomic E-state index is 15.6. The van der Waals surface area contributed by atoms with Crippen molar-refractivity contribution in [3.05, 3.63) is 39.8 Å². The Morgan fingerprint density at radius 3 is 2.63 bits per heavy atom. The zero-order valence-electron chi connectivity index (χ0n) is 22.9. The van der Waals surface area contributed by atoms with Crippen molar-refractivity contribution in [3.63, 3.8) is 0 Å². The van der Waals surface area contributed by atoms with Gasteiger partial charge < -0.3 is 18.9 Å². The second kappa shape index (κ2) is 9.27. The van der Waals surface area contributed by atoms with E-state index in [9.17, 15) is 10.1 Å². The number of ether oxygens (including phenoxy) is 2. The lowest BCUT2D eigenvalue weighted by atomic mass is 10.00. The third-order valence-electron chi connectivity index (χ3n) is 7.64. The van der Waals surface area contributed by atoms with E-state index in [4.69, 9.17) is 14.5 Å². The van der Waals surface area contributed by atoms with Crippen LogP contribution in [0.4, 0.5) is 10.2 Å². The minimum Gasteiger partial charge on any atom is -0.449 e. The molecular weight excluding hydrogens is 489 g/mol. The zero-order valence-corrected chi connectivity index (χ0v) is 22.9. The predicted molar refractivity (Wildman–Crippen MR) is 141 cm³/mol. The Labute approximate surface area is 221 Å². The fraction of sp³-hybridized carbons (Fsp3) is 0.556. The van der Waals surface area contributed by atoms with Gasteiger partial charge in [0.15, 0.2) is 17.4 Å². The Hall–Kier alpha value is -3.65. The molecule has 0 bridgehead atoms. The number of imidazole rings is 1. The molecule has 10 nitrogen and oxygen atoms in total. The highest BCUT2D eigenvalue weighted by molar-refractivity contribution is 5.84. The van der Waals surface area contributed by atoms with Gasteiger partial charge in [-0.15, -0.1) is 0 Å². The lowest BCUT2D eigenvalue weighted by molar-refractivity contribution is -0.0445. The summed E-state index contributed by atoms with van der Waals surface area (Å²) < 4.78 is 30.4. The molecule has 2 aliphatic rings. The first-order valence-corrected chi connectivity index (χ1v) is 13.0. The number of hydrogen-bond acceptors (Lipinski definition) is 8. The summed E-state index contributed by atoms with van der Waals surface area (Å²) in [6.07, 6.45) is 0.145. The van der Waals surface area contributed by atoms with Gasteiger partial charge in [0.05, 0.1) is 12.5 Å². The predicted octanol–water partition coefficient (Wildman–Crippen LogP) is 3.52. The molecule has 38 heavy (non-hydrogen) atoms. The Morgan fingerprint density at radius 1 is 1.21 bits per heavy atom. The molecule has 1 unspecified atom stereocenters. The molecule has 11 heteroatoms. The summed E-state index contributed by atoms with van der Waals surface area (Å²) in [5.74, 6) is 0.415. The van der Waals surface area contributed by atoms with Gasteiger partial charge in [-0.25, -0.2) is 14.2 Å². The number of piperazine rings is 1. The third-order valence-corrected chi connectivity index (χ3v) is 7.64. The second-order valence-electron chi connectivity index (χ2n) is 10.7. The maximum absolute atomic E-state index is 15.6. The number of aryl methyl sites for hydroxylation is 2. The van der Waals surface area contributed by atoms with Gasteiger partial charge in [-0.1, -0.05) is 6.07 Å². The highest BCUT2D eigenvalue weighted by Gasteiger charge is 2.39. The summed E-state index contributed by atoms with van der Waals surface area (Å²) in [6, 6.07) is 5.49. The van der Waals surface area contributed by atoms with Gasteiger partial charge in [-0.3, -0.25) is 9.47 Å². The van der Waals surface area contributed by atoms with Gasteiger partial charge in [0.25, 0.3) is 0 Å². The van der Waals surface area contributed by atoms with Gasteiger partial charge in [0, 0.05) is 64.2 Å². The van der Waals surface area contributed by atoms with Crippen LogP contribution in [0.15, 0.2) is 16.9 Å². The van der Waals surface area contributed by atoms with Crippen molar-refractivity contribution < 1.29 is 13.9 Å². The molecule has 5 rings (SSSR count). The maximum Gasteiger partial charge on any atom is 0.350 e. The fourth-order valence-electron chi connectivity index (χ4n) is 5.78. The van der Waals surface area contributed by atoms with Gasteiger partial charge in [-0.2, -0.15) is 10.2 Å². The van der Waals surface area contributed by atoms with Crippen LogP contribution >= 0.6 is 0 Å². The van der Waals surface area contributed by atoms with Crippen molar-refractivity contribution in [1.82, 2.24) is 24.0 Å². The molecule has 3 aromatic rings. The molecule has 3 atom stereocenters. The largest absolute Gasteiger partial charge is 0.449 e. The van der Waals surface area contributed by atoms with Crippen molar-refractivity contribution in [3.8, 4) is 17.6 Å². The standard InChI is InChI=1S/C27H34FN7O3/c1-8-33-20(11-12-29)30-22-24(31-26(36)32(7)25(22)33)35-14-15(2)34(13-16(35)3)17(4)18-9-10-19-23(21(18)28)38-27(5,6)37-19/h9-10,15-17H,8,11,13-14H2,1-7H3/t15-,16+,17?/m1/s1. The average Bonchev–Trinajstić information content (AvgIpc) is 3.39. The van der Waals surface area contributed by atoms with Crippen LogP contribution in [0, 0.1) is 17.1 Å². The number of nitrogens with zero attached hydrogens (tertiary/aromatic N) is 7. The number of rotatable bonds is 5. The Bertz CT molecular complexity index is 1510. The molecule has 0 saturated carbocycles. The molecule has 0 aliphatic carbocycles. The fourth-order valence-corrected chi connectivity index (χ4v) is 5.78. The molecule has 202 valence electrons. The summed E-state index contributed by atoms with van der Waals surface area (Å²) in [5.41, 5.74) is 1.46. The molecule has 1 aromatic carbocycles. The van der Waals surface area contributed by atoms with E-state index in [-0.39, 0.29) is 36.0 Å². The number of aromatic nitrogens is 4. The van der Waals surface area contributed by atoms with E-state index in [2.05, 4.69) is 34.7 Å². The quantitative estimate of drug-likeness (QED) is 0.501. The van der Waals surface area contributed by atoms with Crippen LogP contribution in [0.2, 0.25) is 0 Å². The Balaban J connectivity index is 1.47. The number of anilines is 1. The number of halogens is 1. The monoisotopic (exact) mass is 523 g/mol. The van der Waals surface area contributed by atoms with E-state index < -0.39 is 11.6 Å². The summed E-state index contributed by atoms with van der Waals surface area (Å²) in [7, 11) is 1.68. The van der Waals surface area contributed by atoms with E-state index in [1.807, 2.05) is 18.4 Å². The summed E-state index contributed by atoms with van der Waals surface area (Å²) in [6.45, 7) is 13.4. The van der Waals surface area contributed by atoms with E-state index >= 15 is 4.39 Å². The Kier molecular flexibility index (Phi) is 6.34. The normalized spacial score (nSPS) is 21.6. The number of hydrogen-bond donors (Lipinski definition) is 0.